The fourth-order valence-corrected chi connectivity index (χ4v) is 4.56. The van der Waals surface area contributed by atoms with E-state index in [0.717, 1.165) is 16.7 Å². The normalized spacial score (nSPS) is 15.6. The third-order valence-corrected chi connectivity index (χ3v) is 6.01. The predicted molar refractivity (Wildman–Crippen MR) is 106 cm³/mol. The molecule has 2 heterocycles. The van der Waals surface area contributed by atoms with Crippen molar-refractivity contribution in [2.24, 2.45) is 0 Å². The van der Waals surface area contributed by atoms with Crippen molar-refractivity contribution in [1.29, 1.82) is 0 Å². The Hall–Kier alpha value is -1.76. The Kier molecular flexibility index (Phi) is 6.06. The Labute approximate surface area is 159 Å². The van der Waals surface area contributed by atoms with E-state index in [-0.39, 0.29) is 11.9 Å². The third kappa shape index (κ3) is 4.14. The van der Waals surface area contributed by atoms with E-state index in [4.69, 9.17) is 4.98 Å². The molecule has 1 saturated carbocycles. The molecule has 2 aromatic heterocycles. The van der Waals surface area contributed by atoms with Crippen molar-refractivity contribution in [2.75, 3.05) is 11.1 Å². The number of hydrogen-bond donors (Lipinski definition) is 1. The lowest BCUT2D eigenvalue weighted by Crippen LogP contribution is -2.19. The molecule has 3 rings (SSSR count). The molecule has 0 radical (unpaired) electrons. The van der Waals surface area contributed by atoms with Crippen LogP contribution >= 0.6 is 11.8 Å². The second-order valence-electron chi connectivity index (χ2n) is 7.32. The molecule has 1 fully saturated rings. The summed E-state index contributed by atoms with van der Waals surface area (Å²) in [6.07, 6.45) is 8.03. The van der Waals surface area contributed by atoms with Gasteiger partial charge in [-0.2, -0.15) is 5.10 Å². The second kappa shape index (κ2) is 8.29. The first kappa shape index (κ1) is 19.0. The van der Waals surface area contributed by atoms with Gasteiger partial charge in [0, 0.05) is 23.8 Å². The first-order valence-corrected chi connectivity index (χ1v) is 10.5. The van der Waals surface area contributed by atoms with Gasteiger partial charge in [0.1, 0.15) is 5.82 Å². The van der Waals surface area contributed by atoms with Crippen LogP contribution in [0.5, 0.6) is 0 Å². The number of nitrogens with one attached hydrogen (secondary N) is 1. The van der Waals surface area contributed by atoms with E-state index in [0.29, 0.717) is 11.8 Å². The Morgan fingerprint density at radius 2 is 2.04 bits per heavy atom. The minimum absolute atomic E-state index is 0.0223. The van der Waals surface area contributed by atoms with Crippen LogP contribution in [-0.2, 0) is 4.79 Å². The van der Waals surface area contributed by atoms with Crippen molar-refractivity contribution in [3.63, 3.8) is 0 Å². The summed E-state index contributed by atoms with van der Waals surface area (Å²) in [6, 6.07) is 2.57. The number of nitrogens with zero attached hydrogens (tertiary/aromatic N) is 4. The lowest BCUT2D eigenvalue weighted by molar-refractivity contribution is -0.113. The summed E-state index contributed by atoms with van der Waals surface area (Å²) in [5.74, 6) is 1.07. The molecule has 1 aliphatic rings. The zero-order valence-corrected chi connectivity index (χ0v) is 17.0. The summed E-state index contributed by atoms with van der Waals surface area (Å²) in [5.41, 5.74) is 2.30. The van der Waals surface area contributed by atoms with E-state index in [1.165, 1.54) is 49.6 Å². The number of aromatic nitrogens is 4. The van der Waals surface area contributed by atoms with Crippen LogP contribution in [-0.4, -0.2) is 31.0 Å². The van der Waals surface area contributed by atoms with Crippen molar-refractivity contribution < 1.29 is 4.79 Å². The number of carbonyl (C=O) groups excluding carboxylic acids is 1. The molecule has 26 heavy (non-hydrogen) atoms. The van der Waals surface area contributed by atoms with Crippen LogP contribution in [0.15, 0.2) is 17.4 Å². The van der Waals surface area contributed by atoms with Gasteiger partial charge in [0.05, 0.1) is 17.6 Å². The number of carbonyl (C=O) groups is 1. The van der Waals surface area contributed by atoms with Gasteiger partial charge in [-0.1, -0.05) is 31.0 Å². The molecule has 0 unspecified atom stereocenters. The van der Waals surface area contributed by atoms with E-state index >= 15 is 0 Å². The number of amides is 1. The summed E-state index contributed by atoms with van der Waals surface area (Å²) >= 11 is 1.53. The molecule has 0 aromatic carbocycles. The molecule has 6 nitrogen and oxygen atoms in total. The molecule has 0 bridgehead atoms. The molecule has 2 aromatic rings. The van der Waals surface area contributed by atoms with Gasteiger partial charge in [-0.05, 0) is 40.5 Å². The molecule has 0 atom stereocenters. The molecular weight excluding hydrogens is 346 g/mol. The topological polar surface area (TPSA) is 64.7 Å². The van der Waals surface area contributed by atoms with Crippen LogP contribution in [0, 0.1) is 13.8 Å². The fourth-order valence-electron chi connectivity index (χ4n) is 3.60. The largest absolute Gasteiger partial charge is 0.320 e. The molecular formula is C19H29N5OS. The van der Waals surface area contributed by atoms with E-state index in [9.17, 15) is 4.79 Å². The zero-order chi connectivity index (χ0) is 18.7. The van der Waals surface area contributed by atoms with Crippen molar-refractivity contribution in [3.05, 3.63) is 23.7 Å². The van der Waals surface area contributed by atoms with Crippen molar-refractivity contribution >= 4 is 23.5 Å². The van der Waals surface area contributed by atoms with Gasteiger partial charge in [0.25, 0.3) is 0 Å². The molecule has 1 N–H and O–H groups in total. The monoisotopic (exact) mass is 375 g/mol. The number of hydrogen-bond acceptors (Lipinski definition) is 4. The van der Waals surface area contributed by atoms with Gasteiger partial charge in [0.2, 0.25) is 5.91 Å². The highest BCUT2D eigenvalue weighted by atomic mass is 32.2. The SMILES string of the molecule is Cc1nc(SCC(=O)Nc2ccnn2C(C)C)n(C2CCCCC2)c1C. The lowest BCUT2D eigenvalue weighted by Gasteiger charge is -2.26. The Morgan fingerprint density at radius 1 is 1.31 bits per heavy atom. The predicted octanol–water partition coefficient (Wildman–Crippen LogP) is 4.51. The summed E-state index contributed by atoms with van der Waals surface area (Å²) < 4.78 is 4.19. The van der Waals surface area contributed by atoms with Crippen molar-refractivity contribution in [2.45, 2.75) is 77.0 Å². The van der Waals surface area contributed by atoms with Crippen molar-refractivity contribution in [1.82, 2.24) is 19.3 Å². The van der Waals surface area contributed by atoms with Crippen LogP contribution < -0.4 is 5.32 Å². The van der Waals surface area contributed by atoms with Crippen molar-refractivity contribution in [3.8, 4) is 0 Å². The van der Waals surface area contributed by atoms with E-state index in [1.54, 1.807) is 6.20 Å². The van der Waals surface area contributed by atoms with Gasteiger partial charge in [-0.15, -0.1) is 0 Å². The number of imidazole rings is 1. The smallest absolute Gasteiger partial charge is 0.235 e. The first-order chi connectivity index (χ1) is 12.5. The molecule has 1 aliphatic carbocycles. The molecule has 1 amide bonds. The average molecular weight is 376 g/mol. The third-order valence-electron chi connectivity index (χ3n) is 5.05. The summed E-state index contributed by atoms with van der Waals surface area (Å²) in [5, 5.41) is 8.19. The maximum Gasteiger partial charge on any atom is 0.235 e. The van der Waals surface area contributed by atoms with Gasteiger partial charge in [0.15, 0.2) is 5.16 Å². The van der Waals surface area contributed by atoms with Gasteiger partial charge in [-0.3, -0.25) is 4.79 Å². The lowest BCUT2D eigenvalue weighted by atomic mass is 9.95. The van der Waals surface area contributed by atoms with Crippen LogP contribution in [0.2, 0.25) is 0 Å². The van der Waals surface area contributed by atoms with Gasteiger partial charge in [-0.25, -0.2) is 9.67 Å². The van der Waals surface area contributed by atoms with Gasteiger partial charge < -0.3 is 9.88 Å². The van der Waals surface area contributed by atoms with Gasteiger partial charge >= 0.3 is 0 Å². The summed E-state index contributed by atoms with van der Waals surface area (Å²) in [4.78, 5) is 17.2. The maximum atomic E-state index is 12.4. The highest BCUT2D eigenvalue weighted by Gasteiger charge is 2.22. The van der Waals surface area contributed by atoms with E-state index < -0.39 is 0 Å². The number of aryl methyl sites for hydroxylation is 1. The second-order valence-corrected chi connectivity index (χ2v) is 8.26. The Morgan fingerprint density at radius 3 is 2.73 bits per heavy atom. The number of thioether (sulfide) groups is 1. The summed E-state index contributed by atoms with van der Waals surface area (Å²) in [7, 11) is 0. The standard InChI is InChI=1S/C19H29N5OS/c1-13(2)24-17(10-11-20-24)22-18(25)12-26-19-21-14(3)15(4)23(19)16-8-6-5-7-9-16/h10-11,13,16H,5-9,12H2,1-4H3,(H,22,25). The maximum absolute atomic E-state index is 12.4. The Bertz CT molecular complexity index is 758. The Balaban J connectivity index is 1.66. The molecule has 0 spiro atoms. The molecule has 7 heteroatoms. The van der Waals surface area contributed by atoms with Crippen LogP contribution in [0.3, 0.4) is 0 Å². The average Bonchev–Trinajstić information content (AvgIpc) is 3.19. The van der Waals surface area contributed by atoms with Crippen LogP contribution in [0.1, 0.15) is 69.4 Å². The summed E-state index contributed by atoms with van der Waals surface area (Å²) in [6.45, 7) is 8.29. The number of anilines is 1. The quantitative estimate of drug-likeness (QED) is 0.754. The first-order valence-electron chi connectivity index (χ1n) is 9.49. The fraction of sp³-hybridized carbons (Fsp3) is 0.632. The zero-order valence-electron chi connectivity index (χ0n) is 16.2. The minimum atomic E-state index is -0.0223. The highest BCUT2D eigenvalue weighted by molar-refractivity contribution is 7.99. The highest BCUT2D eigenvalue weighted by Crippen LogP contribution is 2.34. The molecule has 142 valence electrons. The minimum Gasteiger partial charge on any atom is -0.320 e. The van der Waals surface area contributed by atoms with Crippen LogP contribution in [0.4, 0.5) is 5.82 Å². The van der Waals surface area contributed by atoms with Crippen LogP contribution in [0.25, 0.3) is 0 Å². The van der Waals surface area contributed by atoms with E-state index in [1.807, 2.05) is 24.6 Å². The number of rotatable bonds is 6. The molecule has 0 aliphatic heterocycles. The molecule has 0 saturated heterocycles. The van der Waals surface area contributed by atoms with E-state index in [2.05, 4.69) is 28.8 Å².